The zero-order valence-corrected chi connectivity index (χ0v) is 18.8. The molecule has 0 amide bonds. The van der Waals surface area contributed by atoms with Crippen molar-refractivity contribution in [2.45, 2.75) is 72.1 Å². The van der Waals surface area contributed by atoms with Crippen molar-refractivity contribution in [2.75, 3.05) is 0 Å². The van der Waals surface area contributed by atoms with Crippen molar-refractivity contribution in [1.82, 2.24) is 0 Å². The molecule has 7 atom stereocenters. The Hall–Kier alpha value is -1.70. The number of carbonyl (C=O) groups excluding carboxylic acids is 2. The number of allylic oxidation sites excluding steroid dienone is 2. The van der Waals surface area contributed by atoms with Crippen molar-refractivity contribution in [3.63, 3.8) is 0 Å². The largest absolute Gasteiger partial charge is 0.300 e. The fourth-order valence-electron chi connectivity index (χ4n) is 8.24. The summed E-state index contributed by atoms with van der Waals surface area (Å²) >= 11 is 0. The molecule has 30 heavy (non-hydrogen) atoms. The van der Waals surface area contributed by atoms with E-state index in [1.165, 1.54) is 25.7 Å². The van der Waals surface area contributed by atoms with Crippen molar-refractivity contribution in [2.24, 2.45) is 40.4 Å². The lowest BCUT2D eigenvalue weighted by molar-refractivity contribution is -0.122. The summed E-state index contributed by atoms with van der Waals surface area (Å²) in [4.78, 5) is 25.4. The van der Waals surface area contributed by atoms with Gasteiger partial charge in [-0.15, -0.1) is 0 Å². The van der Waals surface area contributed by atoms with Crippen molar-refractivity contribution in [1.29, 1.82) is 0 Å². The van der Waals surface area contributed by atoms with Crippen molar-refractivity contribution in [3.8, 4) is 0 Å². The summed E-state index contributed by atoms with van der Waals surface area (Å²) in [5, 5.41) is 0. The average molecular weight is 405 g/mol. The van der Waals surface area contributed by atoms with Gasteiger partial charge < -0.3 is 0 Å². The normalized spacial score (nSPS) is 42.5. The average Bonchev–Trinajstić information content (AvgIpc) is 3.10. The Balaban J connectivity index is 1.41. The number of benzene rings is 1. The lowest BCUT2D eigenvalue weighted by Crippen LogP contribution is -2.50. The van der Waals surface area contributed by atoms with Crippen molar-refractivity contribution >= 4 is 11.6 Å². The van der Waals surface area contributed by atoms with Crippen LogP contribution < -0.4 is 0 Å². The zero-order chi connectivity index (χ0) is 21.1. The first-order valence-corrected chi connectivity index (χ1v) is 12.1. The fraction of sp³-hybridized carbons (Fsp3) is 0.643. The van der Waals surface area contributed by atoms with Gasteiger partial charge in [0.1, 0.15) is 5.78 Å². The Bertz CT molecular complexity index is 883. The highest BCUT2D eigenvalue weighted by Crippen LogP contribution is 2.66. The van der Waals surface area contributed by atoms with Crippen LogP contribution in [-0.4, -0.2) is 11.6 Å². The van der Waals surface area contributed by atoms with Crippen LogP contribution in [0.2, 0.25) is 0 Å². The second kappa shape index (κ2) is 7.18. The van der Waals surface area contributed by atoms with E-state index < -0.39 is 0 Å². The van der Waals surface area contributed by atoms with Gasteiger partial charge >= 0.3 is 0 Å². The van der Waals surface area contributed by atoms with E-state index >= 15 is 0 Å². The number of carbonyl (C=O) groups is 2. The summed E-state index contributed by atoms with van der Waals surface area (Å²) in [7, 11) is 0. The Morgan fingerprint density at radius 1 is 0.933 bits per heavy atom. The maximum atomic E-state index is 13.4. The first kappa shape index (κ1) is 20.2. The molecule has 0 heterocycles. The third-order valence-corrected chi connectivity index (χ3v) is 10.1. The summed E-state index contributed by atoms with van der Waals surface area (Å²) in [6.45, 7) is 6.70. The van der Waals surface area contributed by atoms with Crippen molar-refractivity contribution in [3.05, 3.63) is 47.5 Å². The van der Waals surface area contributed by atoms with Gasteiger partial charge in [0.25, 0.3) is 0 Å². The van der Waals surface area contributed by atoms with Gasteiger partial charge in [-0.2, -0.15) is 0 Å². The summed E-state index contributed by atoms with van der Waals surface area (Å²) < 4.78 is 0. The van der Waals surface area contributed by atoms with Gasteiger partial charge in [0.2, 0.25) is 0 Å². The summed E-state index contributed by atoms with van der Waals surface area (Å²) in [5.41, 5.74) is 2.89. The van der Waals surface area contributed by atoms with Crippen LogP contribution in [0.5, 0.6) is 0 Å². The standard InChI is InChI=1S/C28H36O2/c1-18(29)20-13-15-27(2)21(17-20)9-10-22-23-11-12-25(28(23,3)16-14-24(22)27)26(30)19-7-5-4-6-8-19/h4-9,20,22-25H,10-17H2,1-3H3/t20-,22+,23-,24+,25-,27-,28+/m1/s1. The Morgan fingerprint density at radius 2 is 1.70 bits per heavy atom. The van der Waals surface area contributed by atoms with Gasteiger partial charge in [-0.25, -0.2) is 0 Å². The molecule has 1 aromatic rings. The van der Waals surface area contributed by atoms with Crippen LogP contribution in [0, 0.1) is 40.4 Å². The zero-order valence-electron chi connectivity index (χ0n) is 18.8. The van der Waals surface area contributed by atoms with Gasteiger partial charge in [0, 0.05) is 17.4 Å². The fourth-order valence-corrected chi connectivity index (χ4v) is 8.24. The molecule has 0 bridgehead atoms. The molecule has 0 spiro atoms. The summed E-state index contributed by atoms with van der Waals surface area (Å²) in [6.07, 6.45) is 11.6. The Morgan fingerprint density at radius 3 is 2.43 bits per heavy atom. The molecule has 4 aliphatic rings. The van der Waals surface area contributed by atoms with E-state index in [1.54, 1.807) is 12.5 Å². The van der Waals surface area contributed by atoms with Gasteiger partial charge in [-0.1, -0.05) is 55.8 Å². The Labute approximate surface area is 181 Å². The van der Waals surface area contributed by atoms with Crippen LogP contribution in [0.4, 0.5) is 0 Å². The van der Waals surface area contributed by atoms with Crippen LogP contribution >= 0.6 is 0 Å². The molecule has 1 aromatic carbocycles. The maximum absolute atomic E-state index is 13.4. The summed E-state index contributed by atoms with van der Waals surface area (Å²) in [6, 6.07) is 9.97. The van der Waals surface area contributed by atoms with E-state index in [1.807, 2.05) is 30.3 Å². The van der Waals surface area contributed by atoms with Gasteiger partial charge in [-0.05, 0) is 86.9 Å². The van der Waals surface area contributed by atoms with E-state index in [-0.39, 0.29) is 22.7 Å². The molecule has 4 aliphatic carbocycles. The molecular formula is C28H36O2. The molecule has 0 radical (unpaired) electrons. The van der Waals surface area contributed by atoms with Gasteiger partial charge in [0.15, 0.2) is 5.78 Å². The van der Waals surface area contributed by atoms with E-state index in [9.17, 15) is 9.59 Å². The SMILES string of the molecule is CC(=O)[C@@H]1CC[C@]2(C)C(=CC[C@H]3[C@H]4CC[C@H](C(=O)c5ccccc5)[C@@]4(C)CC[C@@H]32)C1. The minimum atomic E-state index is 0.145. The number of rotatable bonds is 3. The smallest absolute Gasteiger partial charge is 0.166 e. The lowest BCUT2D eigenvalue weighted by Gasteiger charge is -2.58. The highest BCUT2D eigenvalue weighted by molar-refractivity contribution is 5.98. The number of hydrogen-bond acceptors (Lipinski definition) is 2. The van der Waals surface area contributed by atoms with E-state index in [0.717, 1.165) is 37.2 Å². The van der Waals surface area contributed by atoms with Crippen LogP contribution in [0.3, 0.4) is 0 Å². The molecule has 160 valence electrons. The molecule has 0 N–H and O–H groups in total. The molecular weight excluding hydrogens is 368 g/mol. The molecule has 0 saturated heterocycles. The predicted octanol–water partition coefficient (Wildman–Crippen LogP) is 6.65. The topological polar surface area (TPSA) is 34.1 Å². The number of hydrogen-bond donors (Lipinski definition) is 0. The highest BCUT2D eigenvalue weighted by atomic mass is 16.1. The Kier molecular flexibility index (Phi) is 4.84. The van der Waals surface area contributed by atoms with Crippen LogP contribution in [0.1, 0.15) is 82.5 Å². The second-order valence-electron chi connectivity index (χ2n) is 11.2. The van der Waals surface area contributed by atoms with Gasteiger partial charge in [0.05, 0.1) is 0 Å². The molecule has 0 aromatic heterocycles. The molecule has 3 fully saturated rings. The quantitative estimate of drug-likeness (QED) is 0.417. The number of Topliss-reactive ketones (excluding diaryl/α,β-unsaturated/α-hetero) is 2. The minimum Gasteiger partial charge on any atom is -0.300 e. The highest BCUT2D eigenvalue weighted by Gasteiger charge is 2.59. The summed E-state index contributed by atoms with van der Waals surface area (Å²) in [5.74, 6) is 3.27. The van der Waals surface area contributed by atoms with E-state index in [2.05, 4.69) is 19.9 Å². The van der Waals surface area contributed by atoms with Crippen LogP contribution in [0.25, 0.3) is 0 Å². The first-order chi connectivity index (χ1) is 14.3. The molecule has 2 heteroatoms. The lowest BCUT2D eigenvalue weighted by atomic mass is 9.46. The first-order valence-electron chi connectivity index (χ1n) is 12.1. The van der Waals surface area contributed by atoms with Gasteiger partial charge in [-0.3, -0.25) is 9.59 Å². The molecule has 0 unspecified atom stereocenters. The number of fused-ring (bicyclic) bond motifs is 5. The van der Waals surface area contributed by atoms with Crippen molar-refractivity contribution < 1.29 is 9.59 Å². The van der Waals surface area contributed by atoms with Crippen LogP contribution in [0.15, 0.2) is 42.0 Å². The third-order valence-electron chi connectivity index (χ3n) is 10.1. The molecule has 2 nitrogen and oxygen atoms in total. The maximum Gasteiger partial charge on any atom is 0.166 e. The van der Waals surface area contributed by atoms with E-state index in [4.69, 9.17) is 0 Å². The second-order valence-corrected chi connectivity index (χ2v) is 11.2. The van der Waals surface area contributed by atoms with E-state index in [0.29, 0.717) is 23.4 Å². The third kappa shape index (κ3) is 2.89. The number of ketones is 2. The predicted molar refractivity (Wildman–Crippen MR) is 120 cm³/mol. The molecule has 0 aliphatic heterocycles. The molecule has 5 rings (SSSR count). The van der Waals surface area contributed by atoms with Crippen LogP contribution in [-0.2, 0) is 4.79 Å². The monoisotopic (exact) mass is 404 g/mol. The minimum absolute atomic E-state index is 0.145. The molecule has 3 saturated carbocycles.